The van der Waals surface area contributed by atoms with E-state index in [-0.39, 0.29) is 0 Å². The van der Waals surface area contributed by atoms with Gasteiger partial charge in [-0.2, -0.15) is 5.10 Å². The van der Waals surface area contributed by atoms with Crippen molar-refractivity contribution in [2.75, 3.05) is 12.8 Å². The molecule has 1 aliphatic heterocycles. The number of methoxy groups -OCH3 is 1. The molecule has 0 radical (unpaired) electrons. The average molecular weight is 314 g/mol. The van der Waals surface area contributed by atoms with Gasteiger partial charge in [-0.1, -0.05) is 23.7 Å². The molecule has 3 rings (SSSR count). The molecule has 112 valence electrons. The summed E-state index contributed by atoms with van der Waals surface area (Å²) in [4.78, 5) is 0. The Morgan fingerprint density at radius 1 is 1.14 bits per heavy atom. The fraction of sp³-hybridized carbons (Fsp3) is 0.176. The number of benzene rings is 2. The van der Waals surface area contributed by atoms with E-state index in [1.165, 1.54) is 0 Å². The number of hydrogen-bond acceptors (Lipinski definition) is 4. The fourth-order valence-electron chi connectivity index (χ4n) is 2.47. The molecule has 0 fully saturated rings. The third-order valence-corrected chi connectivity index (χ3v) is 3.88. The molecule has 22 heavy (non-hydrogen) atoms. The summed E-state index contributed by atoms with van der Waals surface area (Å²) in [5.74, 6) is 0.628. The molecule has 0 aliphatic carbocycles. The Morgan fingerprint density at radius 2 is 1.86 bits per heavy atom. The Hall–Kier alpha value is -2.33. The van der Waals surface area contributed by atoms with Gasteiger partial charge in [0.05, 0.1) is 12.1 Å². The van der Waals surface area contributed by atoms with Crippen LogP contribution >= 0.6 is 11.6 Å². The number of fused-ring (bicyclic) bond motifs is 1. The average Bonchev–Trinajstić information content (AvgIpc) is 2.65. The van der Waals surface area contributed by atoms with Gasteiger partial charge < -0.3 is 10.5 Å². The zero-order valence-corrected chi connectivity index (χ0v) is 13.2. The van der Waals surface area contributed by atoms with Gasteiger partial charge in [0.15, 0.2) is 0 Å². The van der Waals surface area contributed by atoms with Crippen molar-refractivity contribution in [3.05, 3.63) is 58.1 Å². The molecule has 0 amide bonds. The smallest absolute Gasteiger partial charge is 0.138 e. The first-order valence-corrected chi connectivity index (χ1v) is 7.30. The lowest BCUT2D eigenvalue weighted by Crippen LogP contribution is -2.07. The highest BCUT2D eigenvalue weighted by molar-refractivity contribution is 6.32. The summed E-state index contributed by atoms with van der Waals surface area (Å²) in [6.07, 6.45) is 0.709. The molecule has 0 aromatic heterocycles. The Bertz CT molecular complexity index is 779. The molecule has 0 spiro atoms. The number of nitrogens with two attached hydrogens (primary N) is 1. The normalized spacial score (nSPS) is 13.8. The van der Waals surface area contributed by atoms with E-state index in [1.54, 1.807) is 7.11 Å². The van der Waals surface area contributed by atoms with Crippen molar-refractivity contribution in [3.8, 4) is 5.75 Å². The predicted octanol–water partition coefficient (Wildman–Crippen LogP) is 3.70. The van der Waals surface area contributed by atoms with Crippen molar-refractivity contribution < 1.29 is 4.74 Å². The number of nitrogen functional groups attached to an aromatic ring is 1. The molecular weight excluding hydrogens is 298 g/mol. The van der Waals surface area contributed by atoms with Crippen LogP contribution in [0.3, 0.4) is 0 Å². The number of hydrogen-bond donors (Lipinski definition) is 1. The summed E-state index contributed by atoms with van der Waals surface area (Å²) in [5.41, 5.74) is 11.2. The van der Waals surface area contributed by atoms with Gasteiger partial charge in [0.2, 0.25) is 0 Å². The van der Waals surface area contributed by atoms with Crippen molar-refractivity contribution in [1.82, 2.24) is 0 Å². The molecule has 2 N–H and O–H groups in total. The Kier molecular flexibility index (Phi) is 3.86. The SMILES string of the molecule is COc1cc2c(cc1Cl)CC(C)=NN=C2c1ccc(N)cc1. The third-order valence-electron chi connectivity index (χ3n) is 3.58. The topological polar surface area (TPSA) is 60.0 Å². The van der Waals surface area contributed by atoms with Crippen LogP contribution in [-0.2, 0) is 6.42 Å². The van der Waals surface area contributed by atoms with Gasteiger partial charge in [-0.05, 0) is 36.8 Å². The lowest BCUT2D eigenvalue weighted by atomic mass is 9.94. The molecule has 2 aromatic rings. The van der Waals surface area contributed by atoms with E-state index in [0.717, 1.165) is 28.1 Å². The van der Waals surface area contributed by atoms with Crippen LogP contribution in [0, 0.1) is 0 Å². The number of halogens is 1. The highest BCUT2D eigenvalue weighted by Crippen LogP contribution is 2.31. The van der Waals surface area contributed by atoms with Crippen LogP contribution < -0.4 is 10.5 Å². The van der Waals surface area contributed by atoms with Gasteiger partial charge in [0, 0.05) is 28.9 Å². The van der Waals surface area contributed by atoms with Crippen LogP contribution in [0.1, 0.15) is 23.6 Å². The second-order valence-corrected chi connectivity index (χ2v) is 5.63. The summed E-state index contributed by atoms with van der Waals surface area (Å²) in [6.45, 7) is 1.96. The summed E-state index contributed by atoms with van der Waals surface area (Å²) >= 11 is 6.26. The van der Waals surface area contributed by atoms with E-state index in [9.17, 15) is 0 Å². The van der Waals surface area contributed by atoms with Gasteiger partial charge >= 0.3 is 0 Å². The van der Waals surface area contributed by atoms with Crippen molar-refractivity contribution in [2.24, 2.45) is 10.2 Å². The van der Waals surface area contributed by atoms with Crippen LogP contribution in [-0.4, -0.2) is 18.5 Å². The first-order chi connectivity index (χ1) is 10.6. The molecule has 0 bridgehead atoms. The van der Waals surface area contributed by atoms with Gasteiger partial charge in [0.1, 0.15) is 11.5 Å². The maximum Gasteiger partial charge on any atom is 0.138 e. The number of ether oxygens (including phenoxy) is 1. The Balaban J connectivity index is 2.20. The molecule has 0 saturated heterocycles. The fourth-order valence-corrected chi connectivity index (χ4v) is 2.74. The standard InChI is InChI=1S/C17H16ClN3O/c1-10-7-12-8-15(18)16(22-2)9-14(12)17(21-20-10)11-3-5-13(19)6-4-11/h3-6,8-9H,7,19H2,1-2H3. The third kappa shape index (κ3) is 2.70. The molecule has 1 aliphatic rings. The zero-order valence-electron chi connectivity index (χ0n) is 12.4. The quantitative estimate of drug-likeness (QED) is 0.859. The van der Waals surface area contributed by atoms with Gasteiger partial charge in [-0.15, -0.1) is 5.10 Å². The summed E-state index contributed by atoms with van der Waals surface area (Å²) in [7, 11) is 1.60. The largest absolute Gasteiger partial charge is 0.495 e. The first kappa shape index (κ1) is 14.6. The monoisotopic (exact) mass is 313 g/mol. The summed E-state index contributed by atoms with van der Waals surface area (Å²) < 4.78 is 5.34. The first-order valence-electron chi connectivity index (χ1n) is 6.92. The Morgan fingerprint density at radius 3 is 2.55 bits per heavy atom. The lowest BCUT2D eigenvalue weighted by molar-refractivity contribution is 0.415. The number of nitrogens with zero attached hydrogens (tertiary/aromatic N) is 2. The minimum atomic E-state index is 0.590. The molecule has 0 unspecified atom stereocenters. The molecule has 1 heterocycles. The van der Waals surface area contributed by atoms with Crippen LogP contribution in [0.5, 0.6) is 5.75 Å². The van der Waals surface area contributed by atoms with Crippen molar-refractivity contribution >= 4 is 28.7 Å². The number of anilines is 1. The van der Waals surface area contributed by atoms with E-state index in [4.69, 9.17) is 22.1 Å². The zero-order chi connectivity index (χ0) is 15.7. The van der Waals surface area contributed by atoms with Gasteiger partial charge in [-0.25, -0.2) is 0 Å². The summed E-state index contributed by atoms with van der Waals surface area (Å²) in [6, 6.07) is 11.4. The molecule has 2 aromatic carbocycles. The van der Waals surface area contributed by atoms with E-state index in [0.29, 0.717) is 22.9 Å². The van der Waals surface area contributed by atoms with Gasteiger partial charge in [0.25, 0.3) is 0 Å². The Labute approximate surface area is 134 Å². The summed E-state index contributed by atoms with van der Waals surface area (Å²) in [5, 5.41) is 9.30. The van der Waals surface area contributed by atoms with Crippen molar-refractivity contribution in [3.63, 3.8) is 0 Å². The molecule has 0 atom stereocenters. The minimum absolute atomic E-state index is 0.590. The maximum atomic E-state index is 6.26. The molecular formula is C17H16ClN3O. The number of rotatable bonds is 2. The highest BCUT2D eigenvalue weighted by atomic mass is 35.5. The molecule has 0 saturated carbocycles. The van der Waals surface area contributed by atoms with E-state index in [2.05, 4.69) is 10.2 Å². The van der Waals surface area contributed by atoms with Crippen LogP contribution in [0.4, 0.5) is 5.69 Å². The second kappa shape index (κ2) is 5.81. The molecule has 5 heteroatoms. The lowest BCUT2D eigenvalue weighted by Gasteiger charge is -2.13. The van der Waals surface area contributed by atoms with Crippen LogP contribution in [0.25, 0.3) is 0 Å². The maximum absolute atomic E-state index is 6.26. The van der Waals surface area contributed by atoms with Gasteiger partial charge in [-0.3, -0.25) is 0 Å². The highest BCUT2D eigenvalue weighted by Gasteiger charge is 2.18. The second-order valence-electron chi connectivity index (χ2n) is 5.23. The predicted molar refractivity (Wildman–Crippen MR) is 91.3 cm³/mol. The van der Waals surface area contributed by atoms with E-state index < -0.39 is 0 Å². The van der Waals surface area contributed by atoms with Crippen molar-refractivity contribution in [1.29, 1.82) is 0 Å². The van der Waals surface area contributed by atoms with E-state index >= 15 is 0 Å². The van der Waals surface area contributed by atoms with Crippen LogP contribution in [0.15, 0.2) is 46.6 Å². The van der Waals surface area contributed by atoms with E-state index in [1.807, 2.05) is 43.3 Å². The van der Waals surface area contributed by atoms with Crippen LogP contribution in [0.2, 0.25) is 5.02 Å². The van der Waals surface area contributed by atoms with Crippen molar-refractivity contribution in [2.45, 2.75) is 13.3 Å². The molecule has 4 nitrogen and oxygen atoms in total. The minimum Gasteiger partial charge on any atom is -0.495 e.